The van der Waals surface area contributed by atoms with Crippen molar-refractivity contribution in [1.82, 2.24) is 0 Å². The van der Waals surface area contributed by atoms with Crippen LogP contribution in [0.3, 0.4) is 0 Å². The van der Waals surface area contributed by atoms with Gasteiger partial charge in [-0.25, -0.2) is 4.79 Å². The molecule has 0 saturated heterocycles. The van der Waals surface area contributed by atoms with Crippen LogP contribution >= 0.6 is 0 Å². The van der Waals surface area contributed by atoms with E-state index in [4.69, 9.17) is 5.11 Å². The lowest BCUT2D eigenvalue weighted by Crippen LogP contribution is -2.16. The van der Waals surface area contributed by atoms with Gasteiger partial charge in [0.25, 0.3) is 0 Å². The maximum atomic E-state index is 11.7. The standard InChI is InChI=1S/C7H9F3O3/c1-2-13-6(12)5(4-11)3-7(8,9)10/h4,11H,2-3H2,1H3/b5-4-. The number of aliphatic hydroxyl groups is 1. The van der Waals surface area contributed by atoms with Gasteiger partial charge < -0.3 is 9.84 Å². The molecular weight excluding hydrogens is 189 g/mol. The molecule has 13 heavy (non-hydrogen) atoms. The first-order valence-corrected chi connectivity index (χ1v) is 3.47. The summed E-state index contributed by atoms with van der Waals surface area (Å²) in [5, 5.41) is 8.32. The molecule has 0 aliphatic rings. The number of alkyl halides is 3. The van der Waals surface area contributed by atoms with Gasteiger partial charge in [-0.2, -0.15) is 13.2 Å². The third kappa shape index (κ3) is 5.10. The van der Waals surface area contributed by atoms with E-state index in [2.05, 4.69) is 4.74 Å². The minimum atomic E-state index is -4.53. The van der Waals surface area contributed by atoms with E-state index in [1.54, 1.807) is 0 Å². The van der Waals surface area contributed by atoms with Crippen LogP contribution in [-0.2, 0) is 9.53 Å². The van der Waals surface area contributed by atoms with E-state index < -0.39 is 24.1 Å². The molecule has 0 aromatic heterocycles. The zero-order chi connectivity index (χ0) is 10.5. The summed E-state index contributed by atoms with van der Waals surface area (Å²) in [7, 11) is 0. The topological polar surface area (TPSA) is 46.5 Å². The molecule has 0 fully saturated rings. The van der Waals surface area contributed by atoms with Crippen LogP contribution < -0.4 is 0 Å². The van der Waals surface area contributed by atoms with Crippen molar-refractivity contribution in [2.45, 2.75) is 19.5 Å². The van der Waals surface area contributed by atoms with E-state index >= 15 is 0 Å². The van der Waals surface area contributed by atoms with E-state index in [0.717, 1.165) is 0 Å². The number of rotatable bonds is 3. The van der Waals surface area contributed by atoms with Gasteiger partial charge in [0.05, 0.1) is 24.9 Å². The molecule has 3 nitrogen and oxygen atoms in total. The predicted molar refractivity (Wildman–Crippen MR) is 38.0 cm³/mol. The van der Waals surface area contributed by atoms with Crippen molar-refractivity contribution in [1.29, 1.82) is 0 Å². The highest BCUT2D eigenvalue weighted by Gasteiger charge is 2.32. The first kappa shape index (κ1) is 11.8. The van der Waals surface area contributed by atoms with Gasteiger partial charge >= 0.3 is 12.1 Å². The van der Waals surface area contributed by atoms with Crippen molar-refractivity contribution < 1.29 is 27.8 Å². The normalized spacial score (nSPS) is 12.8. The van der Waals surface area contributed by atoms with Crippen molar-refractivity contribution >= 4 is 5.97 Å². The zero-order valence-corrected chi connectivity index (χ0v) is 6.89. The molecule has 0 rings (SSSR count). The predicted octanol–water partition coefficient (Wildman–Crippen LogP) is 1.94. The van der Waals surface area contributed by atoms with Crippen LogP contribution in [0.2, 0.25) is 0 Å². The van der Waals surface area contributed by atoms with Crippen LogP contribution in [0.5, 0.6) is 0 Å². The Morgan fingerprint density at radius 2 is 2.08 bits per heavy atom. The Hall–Kier alpha value is -1.20. The zero-order valence-electron chi connectivity index (χ0n) is 6.89. The van der Waals surface area contributed by atoms with Crippen LogP contribution in [0.1, 0.15) is 13.3 Å². The fourth-order valence-electron chi connectivity index (χ4n) is 0.610. The van der Waals surface area contributed by atoms with E-state index in [9.17, 15) is 18.0 Å². The van der Waals surface area contributed by atoms with Crippen LogP contribution in [0.15, 0.2) is 11.8 Å². The van der Waals surface area contributed by atoms with E-state index in [1.165, 1.54) is 6.92 Å². The Morgan fingerprint density at radius 3 is 2.38 bits per heavy atom. The second-order valence-corrected chi connectivity index (χ2v) is 2.17. The van der Waals surface area contributed by atoms with E-state index in [-0.39, 0.29) is 12.9 Å². The van der Waals surface area contributed by atoms with Crippen molar-refractivity contribution in [3.8, 4) is 0 Å². The minimum absolute atomic E-state index is 0.0337. The summed E-state index contributed by atoms with van der Waals surface area (Å²) in [6.45, 7) is 1.43. The summed E-state index contributed by atoms with van der Waals surface area (Å²) >= 11 is 0. The molecule has 0 spiro atoms. The largest absolute Gasteiger partial charge is 0.515 e. The smallest absolute Gasteiger partial charge is 0.393 e. The number of halogens is 3. The third-order valence-corrected chi connectivity index (χ3v) is 1.08. The molecule has 0 aliphatic heterocycles. The summed E-state index contributed by atoms with van der Waals surface area (Å²) in [5.41, 5.74) is -0.797. The molecule has 0 aliphatic carbocycles. The summed E-state index contributed by atoms with van der Waals surface area (Å²) in [4.78, 5) is 10.7. The molecule has 0 radical (unpaired) electrons. The summed E-state index contributed by atoms with van der Waals surface area (Å²) in [6.07, 6.45) is -5.89. The third-order valence-electron chi connectivity index (χ3n) is 1.08. The first-order chi connectivity index (χ1) is 5.90. The van der Waals surface area contributed by atoms with E-state index in [1.807, 2.05) is 0 Å². The number of aliphatic hydroxyl groups excluding tert-OH is 1. The maximum absolute atomic E-state index is 11.7. The molecule has 0 saturated carbocycles. The average Bonchev–Trinajstić information content (AvgIpc) is 1.99. The van der Waals surface area contributed by atoms with Gasteiger partial charge in [-0.3, -0.25) is 0 Å². The molecule has 1 N–H and O–H groups in total. The maximum Gasteiger partial charge on any atom is 0.393 e. The molecule has 0 unspecified atom stereocenters. The Kier molecular flexibility index (Phi) is 4.30. The minimum Gasteiger partial charge on any atom is -0.515 e. The lowest BCUT2D eigenvalue weighted by atomic mass is 10.2. The van der Waals surface area contributed by atoms with Gasteiger partial charge in [-0.15, -0.1) is 0 Å². The van der Waals surface area contributed by atoms with Gasteiger partial charge in [0.2, 0.25) is 0 Å². The second-order valence-electron chi connectivity index (χ2n) is 2.17. The number of carbonyl (C=O) groups is 1. The average molecular weight is 198 g/mol. The van der Waals surface area contributed by atoms with Crippen LogP contribution in [-0.4, -0.2) is 23.9 Å². The van der Waals surface area contributed by atoms with Crippen molar-refractivity contribution in [2.24, 2.45) is 0 Å². The number of carbonyl (C=O) groups excluding carboxylic acids is 1. The Labute approximate surface area is 72.8 Å². The summed E-state index contributed by atoms with van der Waals surface area (Å²) in [6, 6.07) is 0. The molecule has 76 valence electrons. The summed E-state index contributed by atoms with van der Waals surface area (Å²) in [5.74, 6) is -1.15. The fraction of sp³-hybridized carbons (Fsp3) is 0.571. The fourth-order valence-corrected chi connectivity index (χ4v) is 0.610. The lowest BCUT2D eigenvalue weighted by Gasteiger charge is -2.07. The van der Waals surface area contributed by atoms with Gasteiger partial charge in [-0.05, 0) is 6.92 Å². The molecule has 0 amide bonds. The molecular formula is C7H9F3O3. The molecule has 0 atom stereocenters. The highest BCUT2D eigenvalue weighted by Crippen LogP contribution is 2.24. The highest BCUT2D eigenvalue weighted by atomic mass is 19.4. The SMILES string of the molecule is CCOC(=O)/C(=C\O)CC(F)(F)F. The van der Waals surface area contributed by atoms with Gasteiger partial charge in [0, 0.05) is 0 Å². The van der Waals surface area contributed by atoms with Crippen molar-refractivity contribution in [3.05, 3.63) is 11.8 Å². The van der Waals surface area contributed by atoms with Gasteiger partial charge in [0.1, 0.15) is 0 Å². The quantitative estimate of drug-likeness (QED) is 0.428. The van der Waals surface area contributed by atoms with Crippen LogP contribution in [0.4, 0.5) is 13.2 Å². The second kappa shape index (κ2) is 4.74. The van der Waals surface area contributed by atoms with Crippen LogP contribution in [0, 0.1) is 0 Å². The number of esters is 1. The van der Waals surface area contributed by atoms with Crippen molar-refractivity contribution in [2.75, 3.05) is 6.61 Å². The van der Waals surface area contributed by atoms with Crippen LogP contribution in [0.25, 0.3) is 0 Å². The molecule has 0 heterocycles. The monoisotopic (exact) mass is 198 g/mol. The van der Waals surface area contributed by atoms with E-state index in [0.29, 0.717) is 0 Å². The lowest BCUT2D eigenvalue weighted by molar-refractivity contribution is -0.147. The number of hydrogen-bond donors (Lipinski definition) is 1. The highest BCUT2D eigenvalue weighted by molar-refractivity contribution is 5.88. The molecule has 0 bridgehead atoms. The first-order valence-electron chi connectivity index (χ1n) is 3.47. The van der Waals surface area contributed by atoms with Gasteiger partial charge in [0.15, 0.2) is 0 Å². The number of ether oxygens (including phenoxy) is 1. The Morgan fingerprint density at radius 1 is 1.54 bits per heavy atom. The molecule has 0 aromatic carbocycles. The van der Waals surface area contributed by atoms with Crippen molar-refractivity contribution in [3.63, 3.8) is 0 Å². The molecule has 6 heteroatoms. The Bertz CT molecular complexity index is 208. The summed E-state index contributed by atoms with van der Waals surface area (Å²) < 4.78 is 39.5. The number of hydrogen-bond acceptors (Lipinski definition) is 3. The Balaban J connectivity index is 4.29. The molecule has 0 aromatic rings. The van der Waals surface area contributed by atoms with Gasteiger partial charge in [-0.1, -0.05) is 0 Å².